The van der Waals surface area contributed by atoms with Crippen molar-refractivity contribution in [2.24, 2.45) is 5.92 Å². The van der Waals surface area contributed by atoms with E-state index in [1.807, 2.05) is 37.3 Å². The summed E-state index contributed by atoms with van der Waals surface area (Å²) in [4.78, 5) is 0. The smallest absolute Gasteiger partial charge is 0.137 e. The van der Waals surface area contributed by atoms with E-state index in [1.165, 1.54) is 0 Å². The number of phenols is 1. The van der Waals surface area contributed by atoms with Crippen LogP contribution in [-0.4, -0.2) is 19.9 Å². The number of halogens is 1. The molecule has 0 aliphatic heterocycles. The van der Waals surface area contributed by atoms with Gasteiger partial charge in [0, 0.05) is 17.0 Å². The van der Waals surface area contributed by atoms with E-state index >= 15 is 0 Å². The van der Waals surface area contributed by atoms with E-state index in [-0.39, 0.29) is 5.75 Å². The van der Waals surface area contributed by atoms with Crippen LogP contribution in [-0.2, 0) is 6.42 Å². The summed E-state index contributed by atoms with van der Waals surface area (Å²) in [5.41, 5.74) is 3.50. The van der Waals surface area contributed by atoms with Gasteiger partial charge in [-0.25, -0.2) is 0 Å². The monoisotopic (exact) mass is 381 g/mol. The molecule has 0 saturated carbocycles. The number of nitrogens with zero attached hydrogens (tertiary/aromatic N) is 3. The molecular weight excluding hydrogens is 358 g/mol. The van der Waals surface area contributed by atoms with Crippen molar-refractivity contribution in [1.82, 2.24) is 14.8 Å². The van der Waals surface area contributed by atoms with Crippen LogP contribution in [0.25, 0.3) is 11.3 Å². The maximum Gasteiger partial charge on any atom is 0.137 e. The quantitative estimate of drug-likeness (QED) is 0.605. The van der Waals surface area contributed by atoms with E-state index in [1.54, 1.807) is 12.1 Å². The van der Waals surface area contributed by atoms with Gasteiger partial charge in [-0.3, -0.25) is 4.57 Å². The van der Waals surface area contributed by atoms with Gasteiger partial charge < -0.3 is 5.11 Å². The normalized spacial score (nSPS) is 12.1. The first-order chi connectivity index (χ1) is 12.9. The summed E-state index contributed by atoms with van der Waals surface area (Å²) < 4.78 is 2.06. The van der Waals surface area contributed by atoms with Crippen molar-refractivity contribution in [3.05, 3.63) is 76.8 Å². The zero-order chi connectivity index (χ0) is 19.6. The van der Waals surface area contributed by atoms with Crippen LogP contribution in [0.5, 0.6) is 5.75 Å². The lowest BCUT2D eigenvalue weighted by atomic mass is 9.97. The first-order valence-electron chi connectivity index (χ1n) is 9.10. The molecule has 3 rings (SSSR count). The van der Waals surface area contributed by atoms with E-state index in [4.69, 9.17) is 11.6 Å². The second-order valence-corrected chi connectivity index (χ2v) is 7.34. The number of aryl methyl sites for hydroxylation is 1. The van der Waals surface area contributed by atoms with E-state index in [0.717, 1.165) is 46.9 Å². The molecule has 1 atom stereocenters. The fourth-order valence-electron chi connectivity index (χ4n) is 3.08. The summed E-state index contributed by atoms with van der Waals surface area (Å²) in [7, 11) is 0. The van der Waals surface area contributed by atoms with Crippen LogP contribution in [0.15, 0.2) is 49.0 Å². The Morgan fingerprint density at radius 2 is 1.89 bits per heavy atom. The molecule has 0 bridgehead atoms. The van der Waals surface area contributed by atoms with Crippen LogP contribution < -0.4 is 0 Å². The highest BCUT2D eigenvalue weighted by Gasteiger charge is 2.18. The van der Waals surface area contributed by atoms with Crippen molar-refractivity contribution < 1.29 is 5.11 Å². The maximum absolute atomic E-state index is 10.1. The van der Waals surface area contributed by atoms with Gasteiger partial charge in [0.2, 0.25) is 0 Å². The van der Waals surface area contributed by atoms with Gasteiger partial charge in [0.05, 0.1) is 5.69 Å². The number of aromatic nitrogens is 3. The number of rotatable bonds is 6. The van der Waals surface area contributed by atoms with Crippen LogP contribution in [0.2, 0.25) is 5.02 Å². The molecule has 0 aliphatic carbocycles. The molecule has 2 aromatic carbocycles. The van der Waals surface area contributed by atoms with Gasteiger partial charge in [-0.05, 0) is 54.3 Å². The average molecular weight is 382 g/mol. The zero-order valence-electron chi connectivity index (χ0n) is 15.9. The van der Waals surface area contributed by atoms with Gasteiger partial charge in [0.15, 0.2) is 0 Å². The molecule has 4 nitrogen and oxygen atoms in total. The predicted molar refractivity (Wildman–Crippen MR) is 111 cm³/mol. The minimum atomic E-state index is 0.193. The Hall–Kier alpha value is -2.59. The molecular formula is C22H24ClN3O. The van der Waals surface area contributed by atoms with Gasteiger partial charge in [-0.15, -0.1) is 10.2 Å². The summed E-state index contributed by atoms with van der Waals surface area (Å²) >= 11 is 6.01. The lowest BCUT2D eigenvalue weighted by molar-refractivity contribution is 0.475. The summed E-state index contributed by atoms with van der Waals surface area (Å²) in [5.74, 6) is 2.42. The number of aromatic hydroxyl groups is 1. The number of benzene rings is 2. The molecule has 0 spiro atoms. The SMILES string of the molecule is C=C(c1ccc(Cl)cc1)c1cc(O)ccc1-n1c(C)nnc1CC(C)CC. The van der Waals surface area contributed by atoms with Crippen molar-refractivity contribution in [1.29, 1.82) is 0 Å². The van der Waals surface area contributed by atoms with Crippen molar-refractivity contribution in [3.63, 3.8) is 0 Å². The minimum absolute atomic E-state index is 0.193. The second kappa shape index (κ2) is 7.97. The number of phenolic OH excluding ortho intramolecular Hbond substituents is 1. The molecule has 0 radical (unpaired) electrons. The van der Waals surface area contributed by atoms with Gasteiger partial charge >= 0.3 is 0 Å². The number of hydrogen-bond donors (Lipinski definition) is 1. The Labute approximate surface area is 165 Å². The third kappa shape index (κ3) is 4.06. The third-order valence-corrected chi connectivity index (χ3v) is 5.11. The van der Waals surface area contributed by atoms with Crippen LogP contribution in [0.4, 0.5) is 0 Å². The zero-order valence-corrected chi connectivity index (χ0v) is 16.7. The first-order valence-corrected chi connectivity index (χ1v) is 9.48. The van der Waals surface area contributed by atoms with Gasteiger partial charge in [0.1, 0.15) is 17.4 Å². The molecule has 27 heavy (non-hydrogen) atoms. The van der Waals surface area contributed by atoms with E-state index in [2.05, 4.69) is 35.2 Å². The standard InChI is InChI=1S/C22H24ClN3O/c1-5-14(2)12-22-25-24-16(4)26(22)21-11-10-19(27)13-20(21)15(3)17-6-8-18(23)9-7-17/h6-11,13-14,27H,3,5,12H2,1-2,4H3. The molecule has 0 saturated heterocycles. The van der Waals surface area contributed by atoms with Crippen LogP contribution in [0.3, 0.4) is 0 Å². The largest absolute Gasteiger partial charge is 0.508 e. The van der Waals surface area contributed by atoms with Crippen molar-refractivity contribution >= 4 is 17.2 Å². The Morgan fingerprint density at radius 1 is 1.19 bits per heavy atom. The lowest BCUT2D eigenvalue weighted by Gasteiger charge is -2.17. The predicted octanol–water partition coefficient (Wildman–Crippen LogP) is 5.58. The number of hydrogen-bond acceptors (Lipinski definition) is 3. The van der Waals surface area contributed by atoms with Crippen molar-refractivity contribution in [2.45, 2.75) is 33.6 Å². The lowest BCUT2D eigenvalue weighted by Crippen LogP contribution is -2.09. The summed E-state index contributed by atoms with van der Waals surface area (Å²) in [6, 6.07) is 12.8. The molecule has 0 aliphatic rings. The maximum atomic E-state index is 10.1. The Balaban J connectivity index is 2.12. The molecule has 1 aromatic heterocycles. The molecule has 0 amide bonds. The van der Waals surface area contributed by atoms with E-state index < -0.39 is 0 Å². The molecule has 1 unspecified atom stereocenters. The highest BCUT2D eigenvalue weighted by Crippen LogP contribution is 2.32. The summed E-state index contributed by atoms with van der Waals surface area (Å²) in [6.07, 6.45) is 1.91. The van der Waals surface area contributed by atoms with Crippen molar-refractivity contribution in [3.8, 4) is 11.4 Å². The topological polar surface area (TPSA) is 50.9 Å². The van der Waals surface area contributed by atoms with Gasteiger partial charge in [-0.1, -0.05) is 50.6 Å². The highest BCUT2D eigenvalue weighted by molar-refractivity contribution is 6.30. The van der Waals surface area contributed by atoms with Gasteiger partial charge in [-0.2, -0.15) is 0 Å². The molecule has 1 heterocycles. The Kier molecular flexibility index (Phi) is 5.66. The first kappa shape index (κ1) is 19.2. The fraction of sp³-hybridized carbons (Fsp3) is 0.273. The average Bonchev–Trinajstić information content (AvgIpc) is 3.01. The molecule has 140 valence electrons. The fourth-order valence-corrected chi connectivity index (χ4v) is 3.20. The van der Waals surface area contributed by atoms with Crippen LogP contribution >= 0.6 is 11.6 Å². The van der Waals surface area contributed by atoms with E-state index in [0.29, 0.717) is 10.9 Å². The van der Waals surface area contributed by atoms with Gasteiger partial charge in [0.25, 0.3) is 0 Å². The summed E-state index contributed by atoms with van der Waals surface area (Å²) in [6.45, 7) is 10.6. The molecule has 5 heteroatoms. The molecule has 0 fully saturated rings. The Bertz CT molecular complexity index is 960. The van der Waals surface area contributed by atoms with Crippen molar-refractivity contribution in [2.75, 3.05) is 0 Å². The Morgan fingerprint density at radius 3 is 2.56 bits per heavy atom. The molecule has 1 N–H and O–H groups in total. The third-order valence-electron chi connectivity index (χ3n) is 4.86. The summed E-state index contributed by atoms with van der Waals surface area (Å²) in [5, 5.41) is 19.5. The minimum Gasteiger partial charge on any atom is -0.508 e. The van der Waals surface area contributed by atoms with Crippen LogP contribution in [0.1, 0.15) is 43.0 Å². The van der Waals surface area contributed by atoms with E-state index in [9.17, 15) is 5.11 Å². The van der Waals surface area contributed by atoms with Crippen LogP contribution in [0, 0.1) is 12.8 Å². The highest BCUT2D eigenvalue weighted by atomic mass is 35.5. The molecule has 3 aromatic rings. The second-order valence-electron chi connectivity index (χ2n) is 6.90.